The Morgan fingerprint density at radius 1 is 1.04 bits per heavy atom. The van der Waals surface area contributed by atoms with Crippen LogP contribution in [0.4, 0.5) is 5.69 Å². The van der Waals surface area contributed by atoms with E-state index in [4.69, 9.17) is 4.74 Å². The van der Waals surface area contributed by atoms with Crippen LogP contribution in [-0.4, -0.2) is 15.9 Å². The highest BCUT2D eigenvalue weighted by Crippen LogP contribution is 2.22. The van der Waals surface area contributed by atoms with Crippen molar-refractivity contribution < 1.29 is 9.53 Å². The van der Waals surface area contributed by atoms with Gasteiger partial charge >= 0.3 is 0 Å². The monoisotopic (exact) mass is 349 g/mol. The molecule has 2 N–H and O–H groups in total. The molecule has 6 nitrogen and oxygen atoms in total. The summed E-state index contributed by atoms with van der Waals surface area (Å²) in [6.45, 7) is 3.43. The van der Waals surface area contributed by atoms with Crippen molar-refractivity contribution in [3.05, 3.63) is 82.0 Å². The van der Waals surface area contributed by atoms with E-state index in [2.05, 4.69) is 15.3 Å². The molecular weight excluding hydrogens is 330 g/mol. The van der Waals surface area contributed by atoms with Gasteiger partial charge in [-0.1, -0.05) is 18.2 Å². The Hall–Kier alpha value is -3.41. The molecule has 0 unspecified atom stereocenters. The molecule has 1 heterocycles. The van der Waals surface area contributed by atoms with Crippen LogP contribution < -0.4 is 15.6 Å². The van der Waals surface area contributed by atoms with Crippen LogP contribution in [0.2, 0.25) is 0 Å². The van der Waals surface area contributed by atoms with Crippen molar-refractivity contribution in [2.75, 3.05) is 5.32 Å². The lowest BCUT2D eigenvalue weighted by Crippen LogP contribution is -2.24. The van der Waals surface area contributed by atoms with E-state index >= 15 is 0 Å². The lowest BCUT2D eigenvalue weighted by atomic mass is 10.1. The minimum Gasteiger partial charge on any atom is -0.457 e. The number of nitrogens with zero attached hydrogens (tertiary/aromatic N) is 1. The summed E-state index contributed by atoms with van der Waals surface area (Å²) in [7, 11) is 0. The molecule has 0 bridgehead atoms. The van der Waals surface area contributed by atoms with Gasteiger partial charge in [0, 0.05) is 16.9 Å². The summed E-state index contributed by atoms with van der Waals surface area (Å²) in [5.74, 6) is 1.67. The molecule has 3 aromatic rings. The summed E-state index contributed by atoms with van der Waals surface area (Å²) in [6, 6.07) is 16.5. The van der Waals surface area contributed by atoms with Crippen LogP contribution in [0.25, 0.3) is 0 Å². The lowest BCUT2D eigenvalue weighted by molar-refractivity contribution is -0.115. The molecule has 0 fully saturated rings. The van der Waals surface area contributed by atoms with Crippen molar-refractivity contribution in [2.45, 2.75) is 20.3 Å². The van der Waals surface area contributed by atoms with E-state index in [-0.39, 0.29) is 17.9 Å². The Kier molecular flexibility index (Phi) is 5.12. The molecule has 1 aromatic heterocycles. The highest BCUT2D eigenvalue weighted by Gasteiger charge is 2.12. The third-order valence-corrected chi connectivity index (χ3v) is 3.79. The smallest absolute Gasteiger partial charge is 0.254 e. The number of aryl methyl sites for hydroxylation is 2. The highest BCUT2D eigenvalue weighted by atomic mass is 16.5. The van der Waals surface area contributed by atoms with Gasteiger partial charge in [-0.05, 0) is 50.2 Å². The van der Waals surface area contributed by atoms with E-state index < -0.39 is 0 Å². The molecule has 0 saturated carbocycles. The van der Waals surface area contributed by atoms with Crippen molar-refractivity contribution >= 4 is 11.6 Å². The first-order valence-corrected chi connectivity index (χ1v) is 8.20. The number of rotatable bonds is 5. The van der Waals surface area contributed by atoms with E-state index in [1.807, 2.05) is 30.3 Å². The maximum absolute atomic E-state index is 12.2. The molecule has 0 aliphatic heterocycles. The zero-order valence-electron chi connectivity index (χ0n) is 14.6. The molecule has 0 radical (unpaired) electrons. The fourth-order valence-corrected chi connectivity index (χ4v) is 2.56. The number of H-pyrrole nitrogens is 1. The van der Waals surface area contributed by atoms with Gasteiger partial charge in [0.05, 0.1) is 6.42 Å². The van der Waals surface area contributed by atoms with Gasteiger partial charge in [0.15, 0.2) is 0 Å². The van der Waals surface area contributed by atoms with Gasteiger partial charge in [-0.2, -0.15) is 0 Å². The van der Waals surface area contributed by atoms with E-state index in [1.54, 1.807) is 38.1 Å². The average Bonchev–Trinajstić information content (AvgIpc) is 2.61. The number of benzene rings is 2. The van der Waals surface area contributed by atoms with Gasteiger partial charge in [0.2, 0.25) is 5.91 Å². The first-order chi connectivity index (χ1) is 12.5. The fourth-order valence-electron chi connectivity index (χ4n) is 2.56. The molecule has 26 heavy (non-hydrogen) atoms. The van der Waals surface area contributed by atoms with Gasteiger partial charge in [0.1, 0.15) is 17.3 Å². The summed E-state index contributed by atoms with van der Waals surface area (Å²) in [6.07, 6.45) is -0.0310. The Morgan fingerprint density at radius 2 is 1.69 bits per heavy atom. The van der Waals surface area contributed by atoms with Gasteiger partial charge in [-0.25, -0.2) is 4.98 Å². The normalized spacial score (nSPS) is 10.4. The first-order valence-electron chi connectivity index (χ1n) is 8.20. The number of carbonyl (C=O) groups is 1. The molecule has 6 heteroatoms. The highest BCUT2D eigenvalue weighted by molar-refractivity contribution is 5.92. The van der Waals surface area contributed by atoms with Gasteiger partial charge in [-0.15, -0.1) is 0 Å². The predicted molar refractivity (Wildman–Crippen MR) is 99.6 cm³/mol. The number of aromatic amines is 1. The third kappa shape index (κ3) is 4.36. The van der Waals surface area contributed by atoms with Crippen molar-refractivity contribution in [2.24, 2.45) is 0 Å². The van der Waals surface area contributed by atoms with Gasteiger partial charge < -0.3 is 15.0 Å². The number of hydrogen-bond acceptors (Lipinski definition) is 4. The van der Waals surface area contributed by atoms with E-state index in [0.29, 0.717) is 28.5 Å². The van der Waals surface area contributed by atoms with E-state index in [0.717, 1.165) is 5.75 Å². The second kappa shape index (κ2) is 7.65. The van der Waals surface area contributed by atoms with Crippen LogP contribution >= 0.6 is 0 Å². The van der Waals surface area contributed by atoms with Crippen molar-refractivity contribution in [1.29, 1.82) is 0 Å². The summed E-state index contributed by atoms with van der Waals surface area (Å²) >= 11 is 0. The van der Waals surface area contributed by atoms with Crippen molar-refractivity contribution in [3.63, 3.8) is 0 Å². The maximum atomic E-state index is 12.2. The van der Waals surface area contributed by atoms with Gasteiger partial charge in [0.25, 0.3) is 5.56 Å². The molecule has 0 aliphatic rings. The second-order valence-corrected chi connectivity index (χ2v) is 5.88. The largest absolute Gasteiger partial charge is 0.457 e. The SMILES string of the molecule is Cc1nc(C)c(CC(=O)Nc2ccc(Oc3ccccc3)cc2)c(=O)[nH]1. The van der Waals surface area contributed by atoms with Crippen LogP contribution in [0, 0.1) is 13.8 Å². The molecule has 2 aromatic carbocycles. The molecule has 132 valence electrons. The first kappa shape index (κ1) is 17.4. The lowest BCUT2D eigenvalue weighted by Gasteiger charge is -2.09. The number of amides is 1. The number of para-hydroxylation sites is 1. The molecule has 3 rings (SSSR count). The predicted octanol–water partition coefficient (Wildman–Crippen LogP) is 3.36. The van der Waals surface area contributed by atoms with Crippen LogP contribution in [0.5, 0.6) is 11.5 Å². The van der Waals surface area contributed by atoms with Crippen molar-refractivity contribution in [1.82, 2.24) is 9.97 Å². The van der Waals surface area contributed by atoms with E-state index in [9.17, 15) is 9.59 Å². The average molecular weight is 349 g/mol. The number of hydrogen-bond donors (Lipinski definition) is 2. The summed E-state index contributed by atoms with van der Waals surface area (Å²) in [5, 5.41) is 2.78. The number of nitrogens with one attached hydrogen (secondary N) is 2. The minimum atomic E-state index is -0.281. The molecular formula is C20H19N3O3. The summed E-state index contributed by atoms with van der Waals surface area (Å²) in [5.41, 5.74) is 1.28. The number of anilines is 1. The Bertz CT molecular complexity index is 964. The third-order valence-electron chi connectivity index (χ3n) is 3.79. The molecule has 0 saturated heterocycles. The van der Waals surface area contributed by atoms with E-state index in [1.165, 1.54) is 0 Å². The van der Waals surface area contributed by atoms with Crippen LogP contribution in [0.15, 0.2) is 59.4 Å². The number of ether oxygens (including phenoxy) is 1. The van der Waals surface area contributed by atoms with Crippen LogP contribution in [0.1, 0.15) is 17.1 Å². The second-order valence-electron chi connectivity index (χ2n) is 5.88. The number of carbonyl (C=O) groups excluding carboxylic acids is 1. The fraction of sp³-hybridized carbons (Fsp3) is 0.150. The van der Waals surface area contributed by atoms with Crippen molar-refractivity contribution in [3.8, 4) is 11.5 Å². The van der Waals surface area contributed by atoms with Crippen LogP contribution in [0.3, 0.4) is 0 Å². The topological polar surface area (TPSA) is 84.1 Å². The minimum absolute atomic E-state index is 0.0310. The molecule has 0 atom stereocenters. The zero-order chi connectivity index (χ0) is 18.5. The van der Waals surface area contributed by atoms with Gasteiger partial charge in [-0.3, -0.25) is 9.59 Å². The molecule has 0 aliphatic carbocycles. The Labute approximate surface area is 150 Å². The molecule has 1 amide bonds. The maximum Gasteiger partial charge on any atom is 0.254 e. The standard InChI is InChI=1S/C20H19N3O3/c1-13-18(20(25)22-14(2)21-13)12-19(24)23-15-8-10-17(11-9-15)26-16-6-4-3-5-7-16/h3-11H,12H2,1-2H3,(H,23,24)(H,21,22,25). The zero-order valence-corrected chi connectivity index (χ0v) is 14.6. The quantitative estimate of drug-likeness (QED) is 0.740. The summed E-state index contributed by atoms with van der Waals surface area (Å²) in [4.78, 5) is 31.0. The summed E-state index contributed by atoms with van der Waals surface area (Å²) < 4.78 is 5.71. The Balaban J connectivity index is 1.64. The molecule has 0 spiro atoms. The number of aromatic nitrogens is 2. The van der Waals surface area contributed by atoms with Crippen LogP contribution in [-0.2, 0) is 11.2 Å². The Morgan fingerprint density at radius 3 is 2.35 bits per heavy atom.